The van der Waals surface area contributed by atoms with Gasteiger partial charge in [-0.1, -0.05) is 52.3 Å². The van der Waals surface area contributed by atoms with Crippen LogP contribution in [0.2, 0.25) is 0 Å². The van der Waals surface area contributed by atoms with Crippen molar-refractivity contribution in [2.24, 2.45) is 5.92 Å². The molecule has 1 amide bonds. The van der Waals surface area contributed by atoms with Gasteiger partial charge in [0.1, 0.15) is 5.82 Å². The lowest BCUT2D eigenvalue weighted by atomic mass is 9.97. The molecule has 0 aromatic carbocycles. The summed E-state index contributed by atoms with van der Waals surface area (Å²) in [7, 11) is 1.68. The molecule has 2 aromatic rings. The number of anilines is 1. The highest BCUT2D eigenvalue weighted by Gasteiger charge is 2.17. The van der Waals surface area contributed by atoms with Crippen molar-refractivity contribution in [3.63, 3.8) is 0 Å². The molecule has 9 heteroatoms. The molecule has 2 rings (SSSR count). The number of hydrogen-bond donors (Lipinski definition) is 2. The summed E-state index contributed by atoms with van der Waals surface area (Å²) < 4.78 is 6.98. The molecule has 0 radical (unpaired) electrons. The van der Waals surface area contributed by atoms with Crippen LogP contribution in [-0.2, 0) is 16.1 Å². The molecule has 0 aliphatic heterocycles. The van der Waals surface area contributed by atoms with E-state index in [2.05, 4.69) is 48.4 Å². The molecule has 168 valence electrons. The quantitative estimate of drug-likeness (QED) is 0.265. The normalized spacial score (nSPS) is 11.6. The fourth-order valence-corrected chi connectivity index (χ4v) is 4.01. The molecule has 30 heavy (non-hydrogen) atoms. The summed E-state index contributed by atoms with van der Waals surface area (Å²) in [5.74, 6) is 1.01. The average Bonchev–Trinajstić information content (AvgIpc) is 3.10. The molecular weight excluding hydrogens is 400 g/mol. The standard InChI is InChI=1S/C21H36N6O2S/c1-6-8-16(9-7-2)20(28)23-10-12-27-19-17(14-24-27)18(22-11-13-29-5)25-21(26-19)30-15(3)4/h14-16H,6-13H2,1-5H3,(H,23,28)(H,22,25,26). The van der Waals surface area contributed by atoms with Crippen molar-refractivity contribution in [1.29, 1.82) is 0 Å². The summed E-state index contributed by atoms with van der Waals surface area (Å²) in [5, 5.41) is 12.9. The maximum absolute atomic E-state index is 12.5. The Morgan fingerprint density at radius 3 is 2.57 bits per heavy atom. The lowest BCUT2D eigenvalue weighted by Gasteiger charge is -2.15. The number of carbonyl (C=O) groups is 1. The molecule has 0 spiro atoms. The summed E-state index contributed by atoms with van der Waals surface area (Å²) in [6.45, 7) is 10.8. The number of ether oxygens (including phenoxy) is 1. The number of fused-ring (bicyclic) bond motifs is 1. The predicted molar refractivity (Wildman–Crippen MR) is 123 cm³/mol. The number of hydrogen-bond acceptors (Lipinski definition) is 7. The highest BCUT2D eigenvalue weighted by molar-refractivity contribution is 7.99. The van der Waals surface area contributed by atoms with E-state index in [0.29, 0.717) is 36.6 Å². The van der Waals surface area contributed by atoms with Crippen LogP contribution in [0.4, 0.5) is 5.82 Å². The van der Waals surface area contributed by atoms with E-state index in [1.54, 1.807) is 25.1 Å². The van der Waals surface area contributed by atoms with Gasteiger partial charge in [0.2, 0.25) is 5.91 Å². The van der Waals surface area contributed by atoms with Gasteiger partial charge in [-0.25, -0.2) is 14.6 Å². The molecule has 0 bridgehead atoms. The van der Waals surface area contributed by atoms with Crippen LogP contribution < -0.4 is 10.6 Å². The Morgan fingerprint density at radius 2 is 1.93 bits per heavy atom. The minimum atomic E-state index is 0.0994. The summed E-state index contributed by atoms with van der Waals surface area (Å²) in [4.78, 5) is 21.9. The Morgan fingerprint density at radius 1 is 1.20 bits per heavy atom. The second kappa shape index (κ2) is 12.7. The second-order valence-corrected chi connectivity index (χ2v) is 9.15. The molecule has 2 N–H and O–H groups in total. The third-order valence-corrected chi connectivity index (χ3v) is 5.55. The Bertz CT molecular complexity index is 789. The van der Waals surface area contributed by atoms with Crippen molar-refractivity contribution in [3.05, 3.63) is 6.20 Å². The number of amides is 1. The molecule has 2 aromatic heterocycles. The van der Waals surface area contributed by atoms with Gasteiger partial charge in [-0.3, -0.25) is 4.79 Å². The van der Waals surface area contributed by atoms with Crippen molar-refractivity contribution in [2.75, 3.05) is 32.1 Å². The van der Waals surface area contributed by atoms with E-state index in [4.69, 9.17) is 9.72 Å². The monoisotopic (exact) mass is 436 g/mol. The lowest BCUT2D eigenvalue weighted by molar-refractivity contribution is -0.125. The first kappa shape index (κ1) is 24.4. The predicted octanol–water partition coefficient (Wildman–Crippen LogP) is 3.72. The number of rotatable bonds is 14. The van der Waals surface area contributed by atoms with E-state index in [-0.39, 0.29) is 11.8 Å². The number of nitrogens with zero attached hydrogens (tertiary/aromatic N) is 4. The number of methoxy groups -OCH3 is 1. The topological polar surface area (TPSA) is 94.0 Å². The molecule has 0 aliphatic rings. The SMILES string of the molecule is CCCC(CCC)C(=O)NCCn1ncc2c(NCCOC)nc(SC(C)C)nc21. The zero-order valence-corrected chi connectivity index (χ0v) is 19.7. The number of thioether (sulfide) groups is 1. The summed E-state index contributed by atoms with van der Waals surface area (Å²) in [6.07, 6.45) is 5.70. The molecule has 0 saturated carbocycles. The van der Waals surface area contributed by atoms with E-state index in [9.17, 15) is 4.79 Å². The van der Waals surface area contributed by atoms with Crippen molar-refractivity contribution >= 4 is 34.5 Å². The number of carbonyl (C=O) groups excluding carboxylic acids is 1. The first-order valence-electron chi connectivity index (χ1n) is 10.9. The first-order valence-corrected chi connectivity index (χ1v) is 11.8. The Hall–Kier alpha value is -1.87. The number of aromatic nitrogens is 4. The maximum Gasteiger partial charge on any atom is 0.223 e. The average molecular weight is 437 g/mol. The van der Waals surface area contributed by atoms with E-state index in [0.717, 1.165) is 42.5 Å². The summed E-state index contributed by atoms with van der Waals surface area (Å²) >= 11 is 1.62. The fraction of sp³-hybridized carbons (Fsp3) is 0.714. The Labute approximate surface area is 183 Å². The third-order valence-electron chi connectivity index (χ3n) is 4.68. The van der Waals surface area contributed by atoms with E-state index >= 15 is 0 Å². The number of nitrogens with one attached hydrogen (secondary N) is 2. The second-order valence-electron chi connectivity index (χ2n) is 7.61. The maximum atomic E-state index is 12.5. The van der Waals surface area contributed by atoms with Gasteiger partial charge in [0, 0.05) is 31.4 Å². The van der Waals surface area contributed by atoms with Crippen LogP contribution in [0, 0.1) is 5.92 Å². The summed E-state index contributed by atoms with van der Waals surface area (Å²) in [5.41, 5.74) is 0.779. The molecule has 0 unspecified atom stereocenters. The molecule has 0 aliphatic carbocycles. The van der Waals surface area contributed by atoms with E-state index in [1.807, 2.05) is 4.68 Å². The van der Waals surface area contributed by atoms with Crippen LogP contribution in [0.5, 0.6) is 0 Å². The van der Waals surface area contributed by atoms with Crippen LogP contribution in [0.3, 0.4) is 0 Å². The minimum absolute atomic E-state index is 0.0994. The van der Waals surface area contributed by atoms with Gasteiger partial charge in [0.15, 0.2) is 10.8 Å². The van der Waals surface area contributed by atoms with Crippen LogP contribution in [-0.4, -0.2) is 57.7 Å². The van der Waals surface area contributed by atoms with Gasteiger partial charge in [0.05, 0.1) is 24.7 Å². The molecule has 0 fully saturated rings. The lowest BCUT2D eigenvalue weighted by Crippen LogP contribution is -2.33. The molecular formula is C21H36N6O2S. The van der Waals surface area contributed by atoms with Gasteiger partial charge in [-0.15, -0.1) is 0 Å². The largest absolute Gasteiger partial charge is 0.383 e. The molecule has 0 atom stereocenters. The van der Waals surface area contributed by atoms with Gasteiger partial charge < -0.3 is 15.4 Å². The van der Waals surface area contributed by atoms with Crippen molar-refractivity contribution in [1.82, 2.24) is 25.1 Å². The van der Waals surface area contributed by atoms with Crippen LogP contribution in [0.25, 0.3) is 11.0 Å². The Balaban J connectivity index is 2.13. The van der Waals surface area contributed by atoms with Gasteiger partial charge >= 0.3 is 0 Å². The Kier molecular flexibility index (Phi) is 10.4. The molecule has 0 saturated heterocycles. The van der Waals surface area contributed by atoms with E-state index < -0.39 is 0 Å². The van der Waals surface area contributed by atoms with Gasteiger partial charge in [-0.2, -0.15) is 5.10 Å². The van der Waals surface area contributed by atoms with Crippen LogP contribution >= 0.6 is 11.8 Å². The van der Waals surface area contributed by atoms with Crippen molar-refractivity contribution < 1.29 is 9.53 Å². The van der Waals surface area contributed by atoms with Crippen molar-refractivity contribution in [3.8, 4) is 0 Å². The van der Waals surface area contributed by atoms with Gasteiger partial charge in [-0.05, 0) is 12.8 Å². The van der Waals surface area contributed by atoms with E-state index in [1.165, 1.54) is 0 Å². The van der Waals surface area contributed by atoms with Crippen LogP contribution in [0.15, 0.2) is 11.4 Å². The molecule has 8 nitrogen and oxygen atoms in total. The summed E-state index contributed by atoms with van der Waals surface area (Å²) in [6, 6.07) is 0. The zero-order chi connectivity index (χ0) is 21.9. The highest BCUT2D eigenvalue weighted by Crippen LogP contribution is 2.26. The van der Waals surface area contributed by atoms with Gasteiger partial charge in [0.25, 0.3) is 0 Å². The third kappa shape index (κ3) is 7.12. The van der Waals surface area contributed by atoms with Crippen LogP contribution in [0.1, 0.15) is 53.4 Å². The minimum Gasteiger partial charge on any atom is -0.383 e. The highest BCUT2D eigenvalue weighted by atomic mass is 32.2. The zero-order valence-electron chi connectivity index (χ0n) is 18.9. The smallest absolute Gasteiger partial charge is 0.223 e. The van der Waals surface area contributed by atoms with Crippen molar-refractivity contribution in [2.45, 2.75) is 70.3 Å². The molecule has 2 heterocycles. The first-order chi connectivity index (χ1) is 14.5. The fourth-order valence-electron chi connectivity index (χ4n) is 3.30.